The highest BCUT2D eigenvalue weighted by atomic mass is 35.5. The Morgan fingerprint density at radius 2 is 2.16 bits per heavy atom. The number of aromatic nitrogens is 2. The van der Waals surface area contributed by atoms with Gasteiger partial charge in [-0.2, -0.15) is 5.10 Å². The summed E-state index contributed by atoms with van der Waals surface area (Å²) >= 11 is 6.46. The van der Waals surface area contributed by atoms with Crippen LogP contribution in [-0.2, 0) is 19.5 Å². The number of rotatable bonds is 5. The Morgan fingerprint density at radius 1 is 1.42 bits per heavy atom. The van der Waals surface area contributed by atoms with Crippen molar-refractivity contribution >= 4 is 11.6 Å². The topological polar surface area (TPSA) is 47.1 Å². The molecule has 2 rings (SSSR count). The summed E-state index contributed by atoms with van der Waals surface area (Å²) in [6.07, 6.45) is 2.06. The molecule has 5 heteroatoms. The van der Waals surface area contributed by atoms with Crippen LogP contribution in [0.5, 0.6) is 0 Å². The van der Waals surface area contributed by atoms with Gasteiger partial charge in [-0.05, 0) is 38.3 Å². The maximum atomic E-state index is 6.46. The molecule has 1 aliphatic rings. The van der Waals surface area contributed by atoms with Gasteiger partial charge in [-0.3, -0.25) is 9.58 Å². The molecule has 0 amide bonds. The first-order valence-electron chi connectivity index (χ1n) is 7.19. The van der Waals surface area contributed by atoms with Gasteiger partial charge in [0.2, 0.25) is 0 Å². The smallest absolute Gasteiger partial charge is 0.0863 e. The van der Waals surface area contributed by atoms with Crippen molar-refractivity contribution < 1.29 is 0 Å². The third-order valence-corrected chi connectivity index (χ3v) is 4.63. The number of hydrogen-bond donors (Lipinski definition) is 1. The molecule has 1 fully saturated rings. The molecule has 0 spiro atoms. The Labute approximate surface area is 120 Å². The standard InChI is InChI=1S/C14H25ClN4/c1-4-11-13(15)12(19(5-2)17-11)8-18-7-6-14(3,9-16)10-18/h4-10,16H2,1-3H3. The van der Waals surface area contributed by atoms with E-state index in [2.05, 4.69) is 30.8 Å². The maximum absolute atomic E-state index is 6.46. The summed E-state index contributed by atoms with van der Waals surface area (Å²) in [7, 11) is 0. The van der Waals surface area contributed by atoms with Crippen LogP contribution in [0.4, 0.5) is 0 Å². The minimum Gasteiger partial charge on any atom is -0.330 e. The van der Waals surface area contributed by atoms with Crippen molar-refractivity contribution in [1.82, 2.24) is 14.7 Å². The van der Waals surface area contributed by atoms with Crippen LogP contribution in [0, 0.1) is 5.41 Å². The van der Waals surface area contributed by atoms with E-state index >= 15 is 0 Å². The molecule has 0 radical (unpaired) electrons. The highest BCUT2D eigenvalue weighted by Crippen LogP contribution is 2.31. The first-order chi connectivity index (χ1) is 9.03. The molecule has 2 N–H and O–H groups in total. The molecule has 1 unspecified atom stereocenters. The van der Waals surface area contributed by atoms with E-state index < -0.39 is 0 Å². The summed E-state index contributed by atoms with van der Waals surface area (Å²) in [5, 5.41) is 5.43. The molecule has 1 aromatic heterocycles. The van der Waals surface area contributed by atoms with Gasteiger partial charge in [0.1, 0.15) is 0 Å². The average molecular weight is 285 g/mol. The van der Waals surface area contributed by atoms with Crippen LogP contribution >= 0.6 is 11.6 Å². The second kappa shape index (κ2) is 5.81. The van der Waals surface area contributed by atoms with Crippen molar-refractivity contribution in [2.24, 2.45) is 11.1 Å². The van der Waals surface area contributed by atoms with E-state index in [0.29, 0.717) is 0 Å². The highest BCUT2D eigenvalue weighted by molar-refractivity contribution is 6.31. The largest absolute Gasteiger partial charge is 0.330 e. The van der Waals surface area contributed by atoms with E-state index in [-0.39, 0.29) is 5.41 Å². The van der Waals surface area contributed by atoms with Gasteiger partial charge in [-0.15, -0.1) is 0 Å². The summed E-state index contributed by atoms with van der Waals surface area (Å²) in [5.41, 5.74) is 8.29. The van der Waals surface area contributed by atoms with Gasteiger partial charge in [-0.25, -0.2) is 0 Å². The van der Waals surface area contributed by atoms with Crippen molar-refractivity contribution in [3.05, 3.63) is 16.4 Å². The van der Waals surface area contributed by atoms with Crippen molar-refractivity contribution in [3.8, 4) is 0 Å². The molecule has 0 bridgehead atoms. The van der Waals surface area contributed by atoms with Crippen LogP contribution in [0.3, 0.4) is 0 Å². The highest BCUT2D eigenvalue weighted by Gasteiger charge is 2.33. The van der Waals surface area contributed by atoms with E-state index in [1.807, 2.05) is 4.68 Å². The zero-order valence-electron chi connectivity index (χ0n) is 12.2. The molecular weight excluding hydrogens is 260 g/mol. The number of halogens is 1. The van der Waals surface area contributed by atoms with E-state index in [1.165, 1.54) is 6.42 Å². The van der Waals surface area contributed by atoms with Crippen molar-refractivity contribution in [3.63, 3.8) is 0 Å². The molecule has 0 saturated carbocycles. The van der Waals surface area contributed by atoms with Gasteiger partial charge in [-0.1, -0.05) is 25.4 Å². The maximum Gasteiger partial charge on any atom is 0.0863 e. The Bertz CT molecular complexity index is 443. The lowest BCUT2D eigenvalue weighted by Gasteiger charge is -2.22. The molecule has 4 nitrogen and oxygen atoms in total. The van der Waals surface area contributed by atoms with Crippen molar-refractivity contribution in [2.75, 3.05) is 19.6 Å². The lowest BCUT2D eigenvalue weighted by molar-refractivity contribution is 0.268. The second-order valence-corrected chi connectivity index (χ2v) is 6.23. The summed E-state index contributed by atoms with van der Waals surface area (Å²) < 4.78 is 2.04. The van der Waals surface area contributed by atoms with Gasteiger partial charge < -0.3 is 5.73 Å². The number of hydrogen-bond acceptors (Lipinski definition) is 3. The summed E-state index contributed by atoms with van der Waals surface area (Å²) in [5.74, 6) is 0. The van der Waals surface area contributed by atoms with Gasteiger partial charge in [0.05, 0.1) is 16.4 Å². The van der Waals surface area contributed by atoms with Crippen LogP contribution in [0.25, 0.3) is 0 Å². The van der Waals surface area contributed by atoms with Crippen LogP contribution in [0.15, 0.2) is 0 Å². The van der Waals surface area contributed by atoms with E-state index in [0.717, 1.165) is 55.6 Å². The number of aryl methyl sites for hydroxylation is 2. The Morgan fingerprint density at radius 3 is 2.68 bits per heavy atom. The number of likely N-dealkylation sites (tertiary alicyclic amines) is 1. The first-order valence-corrected chi connectivity index (χ1v) is 7.57. The van der Waals surface area contributed by atoms with Gasteiger partial charge in [0.25, 0.3) is 0 Å². The third kappa shape index (κ3) is 2.96. The zero-order chi connectivity index (χ0) is 14.0. The van der Waals surface area contributed by atoms with E-state index in [9.17, 15) is 0 Å². The molecule has 1 aliphatic heterocycles. The van der Waals surface area contributed by atoms with E-state index in [1.54, 1.807) is 0 Å². The Hall–Kier alpha value is -0.580. The fourth-order valence-electron chi connectivity index (χ4n) is 2.81. The molecular formula is C14H25ClN4. The SMILES string of the molecule is CCc1nn(CC)c(CN2CCC(C)(CN)C2)c1Cl. The van der Waals surface area contributed by atoms with Crippen molar-refractivity contribution in [2.45, 2.75) is 46.7 Å². The monoisotopic (exact) mass is 284 g/mol. The fraction of sp³-hybridized carbons (Fsp3) is 0.786. The van der Waals surface area contributed by atoms with Crippen molar-refractivity contribution in [1.29, 1.82) is 0 Å². The summed E-state index contributed by atoms with van der Waals surface area (Å²) in [6, 6.07) is 0. The molecule has 0 aromatic carbocycles. The average Bonchev–Trinajstić information content (AvgIpc) is 2.93. The summed E-state index contributed by atoms with van der Waals surface area (Å²) in [4.78, 5) is 2.45. The van der Waals surface area contributed by atoms with Crippen LogP contribution in [0.1, 0.15) is 38.6 Å². The zero-order valence-corrected chi connectivity index (χ0v) is 13.0. The van der Waals surface area contributed by atoms with E-state index in [4.69, 9.17) is 17.3 Å². The predicted octanol–water partition coefficient (Wildman–Crippen LogP) is 2.29. The lowest BCUT2D eigenvalue weighted by atomic mass is 9.90. The van der Waals surface area contributed by atoms with Gasteiger partial charge >= 0.3 is 0 Å². The molecule has 1 aromatic rings. The molecule has 0 aliphatic carbocycles. The third-order valence-electron chi connectivity index (χ3n) is 4.20. The quantitative estimate of drug-likeness (QED) is 0.902. The van der Waals surface area contributed by atoms with Crippen LogP contribution < -0.4 is 5.73 Å². The van der Waals surface area contributed by atoms with Gasteiger partial charge in [0, 0.05) is 19.6 Å². The molecule has 1 saturated heterocycles. The first kappa shape index (κ1) is 14.8. The minimum atomic E-state index is 0.261. The fourth-order valence-corrected chi connectivity index (χ4v) is 3.14. The Balaban J connectivity index is 2.14. The van der Waals surface area contributed by atoms with Crippen LogP contribution in [0.2, 0.25) is 5.02 Å². The molecule has 108 valence electrons. The number of nitrogens with two attached hydrogens (primary N) is 1. The lowest BCUT2D eigenvalue weighted by Crippen LogP contribution is -2.31. The molecule has 19 heavy (non-hydrogen) atoms. The molecule has 2 heterocycles. The number of nitrogens with zero attached hydrogens (tertiary/aromatic N) is 3. The second-order valence-electron chi connectivity index (χ2n) is 5.85. The summed E-state index contributed by atoms with van der Waals surface area (Å²) in [6.45, 7) is 11.1. The van der Waals surface area contributed by atoms with Gasteiger partial charge in [0.15, 0.2) is 0 Å². The predicted molar refractivity (Wildman–Crippen MR) is 79.3 cm³/mol. The minimum absolute atomic E-state index is 0.261. The van der Waals surface area contributed by atoms with Crippen LogP contribution in [-0.4, -0.2) is 34.3 Å². The normalized spacial score (nSPS) is 24.3. The Kier molecular flexibility index (Phi) is 4.54. The molecule has 1 atom stereocenters.